The Bertz CT molecular complexity index is 670. The molecule has 4 nitrogen and oxygen atoms in total. The summed E-state index contributed by atoms with van der Waals surface area (Å²) < 4.78 is 10.5. The number of aryl methyl sites for hydroxylation is 1. The van der Waals surface area contributed by atoms with Crippen molar-refractivity contribution in [2.75, 3.05) is 24.9 Å². The van der Waals surface area contributed by atoms with Gasteiger partial charge in [-0.25, -0.2) is 0 Å². The minimum absolute atomic E-state index is 0.473. The summed E-state index contributed by atoms with van der Waals surface area (Å²) in [5.41, 5.74) is 2.69. The lowest BCUT2D eigenvalue weighted by atomic mass is 10.2. The number of benzene rings is 2. The fraction of sp³-hybridized carbons (Fsp3) is 0.188. The second-order valence-corrected chi connectivity index (χ2v) is 5.48. The second-order valence-electron chi connectivity index (χ2n) is 4.64. The predicted octanol–water partition coefficient (Wildman–Crippen LogP) is 4.47. The lowest BCUT2D eigenvalue weighted by Gasteiger charge is -2.14. The van der Waals surface area contributed by atoms with E-state index in [1.165, 1.54) is 0 Å². The molecule has 2 aromatic rings. The van der Waals surface area contributed by atoms with Crippen molar-refractivity contribution in [3.05, 3.63) is 47.0 Å². The molecule has 0 spiro atoms. The van der Waals surface area contributed by atoms with Crippen LogP contribution in [0.25, 0.3) is 0 Å². The van der Waals surface area contributed by atoms with E-state index < -0.39 is 0 Å². The largest absolute Gasteiger partial charge is 0.497 e. The number of hydrogen-bond acceptors (Lipinski definition) is 3. The van der Waals surface area contributed by atoms with Gasteiger partial charge >= 0.3 is 0 Å². The summed E-state index contributed by atoms with van der Waals surface area (Å²) in [4.78, 5) is 0. The van der Waals surface area contributed by atoms with E-state index in [1.54, 1.807) is 20.3 Å². The fourth-order valence-corrected chi connectivity index (χ4v) is 2.39. The fourth-order valence-electron chi connectivity index (χ4n) is 1.93. The standard InChI is InChI=1S/C16H17ClN2O2S/c1-10-6-11(17)4-5-15(10)19-16(22)18-12-7-13(20-2)9-14(8-12)21-3/h4-9H,1-3H3,(H2,18,19,22). The van der Waals surface area contributed by atoms with Crippen LogP contribution < -0.4 is 20.1 Å². The molecule has 116 valence electrons. The highest BCUT2D eigenvalue weighted by Crippen LogP contribution is 2.26. The van der Waals surface area contributed by atoms with Crippen molar-refractivity contribution in [1.82, 2.24) is 0 Å². The first kappa shape index (κ1) is 16.4. The number of thiocarbonyl (C=S) groups is 1. The lowest BCUT2D eigenvalue weighted by Crippen LogP contribution is -2.19. The van der Waals surface area contributed by atoms with E-state index >= 15 is 0 Å². The zero-order chi connectivity index (χ0) is 16.1. The Labute approximate surface area is 140 Å². The summed E-state index contributed by atoms with van der Waals surface area (Å²) in [6.45, 7) is 1.96. The topological polar surface area (TPSA) is 42.5 Å². The number of halogens is 1. The highest BCUT2D eigenvalue weighted by molar-refractivity contribution is 7.80. The summed E-state index contributed by atoms with van der Waals surface area (Å²) in [7, 11) is 3.21. The van der Waals surface area contributed by atoms with E-state index in [9.17, 15) is 0 Å². The van der Waals surface area contributed by atoms with Gasteiger partial charge in [0.05, 0.1) is 14.2 Å². The molecule has 2 rings (SSSR count). The van der Waals surface area contributed by atoms with E-state index in [4.69, 9.17) is 33.3 Å². The van der Waals surface area contributed by atoms with E-state index in [2.05, 4.69) is 10.6 Å². The third-order valence-corrected chi connectivity index (χ3v) is 3.49. The average molecular weight is 337 g/mol. The van der Waals surface area contributed by atoms with Gasteiger partial charge in [0.15, 0.2) is 5.11 Å². The number of hydrogen-bond donors (Lipinski definition) is 2. The molecule has 0 amide bonds. The van der Waals surface area contributed by atoms with Crippen molar-refractivity contribution in [3.8, 4) is 11.5 Å². The number of rotatable bonds is 4. The van der Waals surface area contributed by atoms with Crippen molar-refractivity contribution in [3.63, 3.8) is 0 Å². The molecule has 0 aliphatic rings. The van der Waals surface area contributed by atoms with Crippen LogP contribution in [0.3, 0.4) is 0 Å². The molecular weight excluding hydrogens is 320 g/mol. The zero-order valence-corrected chi connectivity index (χ0v) is 14.1. The van der Waals surface area contributed by atoms with Crippen molar-refractivity contribution in [2.24, 2.45) is 0 Å². The zero-order valence-electron chi connectivity index (χ0n) is 12.6. The van der Waals surface area contributed by atoms with E-state index in [-0.39, 0.29) is 0 Å². The molecule has 0 aliphatic heterocycles. The molecule has 0 saturated heterocycles. The number of anilines is 2. The molecule has 0 bridgehead atoms. The van der Waals surface area contributed by atoms with Crippen molar-refractivity contribution < 1.29 is 9.47 Å². The first-order chi connectivity index (χ1) is 10.5. The number of nitrogens with one attached hydrogen (secondary N) is 2. The average Bonchev–Trinajstić information content (AvgIpc) is 2.49. The van der Waals surface area contributed by atoms with E-state index in [0.717, 1.165) is 16.9 Å². The Morgan fingerprint density at radius 2 is 1.64 bits per heavy atom. The molecule has 0 fully saturated rings. The highest BCUT2D eigenvalue weighted by Gasteiger charge is 2.05. The molecule has 22 heavy (non-hydrogen) atoms. The summed E-state index contributed by atoms with van der Waals surface area (Å²) in [5.74, 6) is 1.37. The first-order valence-corrected chi connectivity index (χ1v) is 7.37. The monoisotopic (exact) mass is 336 g/mol. The number of methoxy groups -OCH3 is 2. The molecule has 0 atom stereocenters. The maximum Gasteiger partial charge on any atom is 0.175 e. The molecule has 0 aromatic heterocycles. The molecule has 6 heteroatoms. The molecule has 0 heterocycles. The summed E-state index contributed by atoms with van der Waals surface area (Å²) in [6.07, 6.45) is 0. The first-order valence-electron chi connectivity index (χ1n) is 6.59. The molecule has 0 aliphatic carbocycles. The summed E-state index contributed by atoms with van der Waals surface area (Å²) in [6, 6.07) is 11.0. The molecule has 2 N–H and O–H groups in total. The maximum atomic E-state index is 5.95. The van der Waals surface area contributed by atoms with Crippen molar-refractivity contribution in [2.45, 2.75) is 6.92 Å². The Kier molecular flexibility index (Phi) is 5.46. The molecule has 0 radical (unpaired) electrons. The minimum atomic E-state index is 0.473. The third-order valence-electron chi connectivity index (χ3n) is 3.05. The van der Waals surface area contributed by atoms with Crippen LogP contribution in [0.4, 0.5) is 11.4 Å². The summed E-state index contributed by atoms with van der Waals surface area (Å²) >= 11 is 11.3. The molecule has 0 saturated carbocycles. The molecular formula is C16H17ClN2O2S. The lowest BCUT2D eigenvalue weighted by molar-refractivity contribution is 0.395. The second kappa shape index (κ2) is 7.33. The SMILES string of the molecule is COc1cc(NC(=S)Nc2ccc(Cl)cc2C)cc(OC)c1. The van der Waals surface area contributed by atoms with Crippen LogP contribution in [0.5, 0.6) is 11.5 Å². The van der Waals surface area contributed by atoms with Gasteiger partial charge in [0.1, 0.15) is 11.5 Å². The Hall–Kier alpha value is -1.98. The molecule has 2 aromatic carbocycles. The van der Waals surface area contributed by atoms with Crippen molar-refractivity contribution in [1.29, 1.82) is 0 Å². The van der Waals surface area contributed by atoms with Crippen LogP contribution in [0, 0.1) is 6.92 Å². The Morgan fingerprint density at radius 1 is 1.00 bits per heavy atom. The summed E-state index contributed by atoms with van der Waals surface area (Å²) in [5, 5.41) is 7.42. The smallest absolute Gasteiger partial charge is 0.175 e. The van der Waals surface area contributed by atoms with Crippen LogP contribution in [0.15, 0.2) is 36.4 Å². The van der Waals surface area contributed by atoms with Gasteiger partial charge in [0, 0.05) is 34.6 Å². The van der Waals surface area contributed by atoms with Gasteiger partial charge in [0.2, 0.25) is 0 Å². The Morgan fingerprint density at radius 3 is 2.18 bits per heavy atom. The van der Waals surface area contributed by atoms with Crippen LogP contribution in [0.1, 0.15) is 5.56 Å². The van der Waals surface area contributed by atoms with Gasteiger partial charge in [0.25, 0.3) is 0 Å². The predicted molar refractivity (Wildman–Crippen MR) is 95.6 cm³/mol. The number of ether oxygens (including phenoxy) is 2. The van der Waals surface area contributed by atoms with Gasteiger partial charge in [-0.2, -0.15) is 0 Å². The van der Waals surface area contributed by atoms with Crippen molar-refractivity contribution >= 4 is 40.3 Å². The van der Waals surface area contributed by atoms with Gasteiger partial charge < -0.3 is 20.1 Å². The van der Waals surface area contributed by atoms with E-state index in [1.807, 2.05) is 37.3 Å². The van der Waals surface area contributed by atoms with Crippen LogP contribution >= 0.6 is 23.8 Å². The third kappa shape index (κ3) is 4.26. The normalized spacial score (nSPS) is 10.0. The van der Waals surface area contributed by atoms with Gasteiger partial charge in [-0.15, -0.1) is 0 Å². The van der Waals surface area contributed by atoms with Crippen LogP contribution in [-0.4, -0.2) is 19.3 Å². The quantitative estimate of drug-likeness (QED) is 0.806. The highest BCUT2D eigenvalue weighted by atomic mass is 35.5. The van der Waals surface area contributed by atoms with E-state index in [0.29, 0.717) is 21.6 Å². The minimum Gasteiger partial charge on any atom is -0.497 e. The van der Waals surface area contributed by atoms with Crippen LogP contribution in [0.2, 0.25) is 5.02 Å². The van der Waals surface area contributed by atoms with Gasteiger partial charge in [-0.1, -0.05) is 11.6 Å². The molecule has 0 unspecified atom stereocenters. The van der Waals surface area contributed by atoms with Crippen LogP contribution in [-0.2, 0) is 0 Å². The maximum absolute atomic E-state index is 5.95. The van der Waals surface area contributed by atoms with Gasteiger partial charge in [-0.3, -0.25) is 0 Å². The Balaban J connectivity index is 2.11. The van der Waals surface area contributed by atoms with Gasteiger partial charge in [-0.05, 0) is 42.9 Å².